The number of piperidine rings is 1. The number of anilines is 1. The lowest BCUT2D eigenvalue weighted by atomic mass is 9.93. The van der Waals surface area contributed by atoms with Crippen molar-refractivity contribution in [1.29, 1.82) is 0 Å². The minimum absolute atomic E-state index is 0.0796. The molecule has 2 amide bonds. The fourth-order valence-electron chi connectivity index (χ4n) is 4.97. The van der Waals surface area contributed by atoms with Crippen LogP contribution in [0.15, 0.2) is 43.0 Å². The summed E-state index contributed by atoms with van der Waals surface area (Å²) in [7, 11) is 2.18. The molecule has 1 saturated heterocycles. The van der Waals surface area contributed by atoms with Crippen molar-refractivity contribution in [2.24, 2.45) is 0 Å². The third-order valence-corrected chi connectivity index (χ3v) is 6.82. The molecule has 4 rings (SSSR count). The molecule has 7 heteroatoms. The molecule has 2 aliphatic heterocycles. The van der Waals surface area contributed by atoms with Gasteiger partial charge in [-0.05, 0) is 37.9 Å². The van der Waals surface area contributed by atoms with E-state index in [-0.39, 0.29) is 18.4 Å². The Balaban J connectivity index is 1.70. The van der Waals surface area contributed by atoms with Crippen molar-refractivity contribution in [3.05, 3.63) is 48.5 Å². The van der Waals surface area contributed by atoms with Gasteiger partial charge < -0.3 is 14.4 Å². The van der Waals surface area contributed by atoms with Crippen LogP contribution in [0.5, 0.6) is 0 Å². The maximum Gasteiger partial charge on any atom is 0.242 e. The molecule has 0 aliphatic carbocycles. The lowest BCUT2D eigenvalue weighted by molar-refractivity contribution is -0.133. The Morgan fingerprint density at radius 3 is 2.68 bits per heavy atom. The van der Waals surface area contributed by atoms with Crippen LogP contribution in [0, 0.1) is 0 Å². The fraction of sp³-hybridized carbons (Fsp3) is 0.542. The molecule has 1 aromatic heterocycles. The average molecular weight is 424 g/mol. The molecule has 166 valence electrons. The number of nitrogens with zero attached hydrogens (tertiary/aromatic N) is 5. The standard InChI is InChI=1S/C24H33N5O2/c1-3-23(30)29-13-11-20-8-6-9-21(26(20)2)16-28(15-19-7-4-5-10-22(19)29)24(31)17-27-14-12-25-18-27/h4-5,7,10,12,14,18,20-21H,3,6,8-9,11,13,15-17H2,1-2H3. The number of likely N-dealkylation sites (N-methyl/N-ethyl adjacent to an activating group) is 1. The molecule has 3 heterocycles. The number of amides is 2. The van der Waals surface area contributed by atoms with Crippen molar-refractivity contribution in [1.82, 2.24) is 19.4 Å². The van der Waals surface area contributed by atoms with Gasteiger partial charge in [0.2, 0.25) is 11.8 Å². The van der Waals surface area contributed by atoms with E-state index in [1.807, 2.05) is 45.7 Å². The van der Waals surface area contributed by atoms with Gasteiger partial charge in [0.25, 0.3) is 0 Å². The zero-order chi connectivity index (χ0) is 21.8. The van der Waals surface area contributed by atoms with Gasteiger partial charge in [-0.25, -0.2) is 4.98 Å². The van der Waals surface area contributed by atoms with Crippen LogP contribution in [0.25, 0.3) is 0 Å². The van der Waals surface area contributed by atoms with Gasteiger partial charge in [0.05, 0.1) is 6.33 Å². The number of rotatable bonds is 3. The van der Waals surface area contributed by atoms with E-state index in [0.717, 1.165) is 36.9 Å². The highest BCUT2D eigenvalue weighted by Gasteiger charge is 2.32. The number of hydrogen-bond acceptors (Lipinski definition) is 4. The maximum atomic E-state index is 13.3. The zero-order valence-electron chi connectivity index (χ0n) is 18.6. The second-order valence-corrected chi connectivity index (χ2v) is 8.73. The van der Waals surface area contributed by atoms with Crippen LogP contribution in [-0.4, -0.2) is 63.4 Å². The molecule has 1 aromatic carbocycles. The number of hydrogen-bond donors (Lipinski definition) is 0. The molecular formula is C24H33N5O2. The van der Waals surface area contributed by atoms with E-state index in [2.05, 4.69) is 23.0 Å². The quantitative estimate of drug-likeness (QED) is 0.762. The Labute approximate surface area is 184 Å². The second-order valence-electron chi connectivity index (χ2n) is 8.73. The fourth-order valence-corrected chi connectivity index (χ4v) is 4.97. The molecule has 0 spiro atoms. The third-order valence-electron chi connectivity index (χ3n) is 6.82. The smallest absolute Gasteiger partial charge is 0.242 e. The van der Waals surface area contributed by atoms with E-state index in [0.29, 0.717) is 38.1 Å². The first kappa shape index (κ1) is 21.6. The van der Waals surface area contributed by atoms with Crippen LogP contribution in [0.2, 0.25) is 0 Å². The summed E-state index contributed by atoms with van der Waals surface area (Å²) in [4.78, 5) is 36.7. The van der Waals surface area contributed by atoms with Crippen LogP contribution in [0.1, 0.15) is 44.6 Å². The van der Waals surface area contributed by atoms with Gasteiger partial charge in [-0.1, -0.05) is 31.5 Å². The summed E-state index contributed by atoms with van der Waals surface area (Å²) < 4.78 is 1.82. The Morgan fingerprint density at radius 1 is 1.10 bits per heavy atom. The predicted molar refractivity (Wildman–Crippen MR) is 121 cm³/mol. The largest absolute Gasteiger partial charge is 0.335 e. The van der Waals surface area contributed by atoms with E-state index in [4.69, 9.17) is 0 Å². The molecule has 2 aliphatic rings. The third kappa shape index (κ3) is 4.82. The van der Waals surface area contributed by atoms with Crippen molar-refractivity contribution in [3.8, 4) is 0 Å². The molecule has 0 N–H and O–H groups in total. The number of carbonyl (C=O) groups is 2. The molecule has 31 heavy (non-hydrogen) atoms. The average Bonchev–Trinajstić information content (AvgIpc) is 3.28. The molecular weight excluding hydrogens is 390 g/mol. The number of imidazole rings is 1. The van der Waals surface area contributed by atoms with Crippen molar-refractivity contribution >= 4 is 17.5 Å². The minimum Gasteiger partial charge on any atom is -0.335 e. The van der Waals surface area contributed by atoms with Crippen molar-refractivity contribution in [2.75, 3.05) is 25.0 Å². The molecule has 2 unspecified atom stereocenters. The lowest BCUT2D eigenvalue weighted by Crippen LogP contribution is -2.51. The monoisotopic (exact) mass is 423 g/mol. The SMILES string of the molecule is CCC(=O)N1CCC2CCCC(CN(C(=O)Cn3ccnc3)Cc3ccccc31)N2C. The summed E-state index contributed by atoms with van der Waals surface area (Å²) in [5, 5.41) is 0. The van der Waals surface area contributed by atoms with Crippen molar-refractivity contribution < 1.29 is 9.59 Å². The molecule has 7 nitrogen and oxygen atoms in total. The molecule has 1 fully saturated rings. The highest BCUT2D eigenvalue weighted by Crippen LogP contribution is 2.29. The van der Waals surface area contributed by atoms with Gasteiger partial charge in [0, 0.05) is 56.2 Å². The van der Waals surface area contributed by atoms with Gasteiger partial charge in [-0.2, -0.15) is 0 Å². The van der Waals surface area contributed by atoms with Gasteiger partial charge in [-0.15, -0.1) is 0 Å². The topological polar surface area (TPSA) is 61.7 Å². The number of fused-ring (bicyclic) bond motifs is 3. The molecule has 2 aromatic rings. The van der Waals surface area contributed by atoms with Crippen LogP contribution >= 0.6 is 0 Å². The number of para-hydroxylation sites is 1. The lowest BCUT2D eigenvalue weighted by Gasteiger charge is -2.42. The minimum atomic E-state index is 0.0796. The Bertz CT molecular complexity index is 897. The van der Waals surface area contributed by atoms with E-state index in [1.165, 1.54) is 0 Å². The van der Waals surface area contributed by atoms with Crippen LogP contribution in [0.4, 0.5) is 5.69 Å². The summed E-state index contributed by atoms with van der Waals surface area (Å²) in [5.74, 6) is 0.217. The normalized spacial score (nSPS) is 22.5. The number of benzene rings is 1. The first-order valence-electron chi connectivity index (χ1n) is 11.4. The van der Waals surface area contributed by atoms with Gasteiger partial charge in [0.1, 0.15) is 6.54 Å². The Hall–Kier alpha value is -2.67. The van der Waals surface area contributed by atoms with Crippen LogP contribution in [0.3, 0.4) is 0 Å². The van der Waals surface area contributed by atoms with Crippen LogP contribution < -0.4 is 4.90 Å². The Kier molecular flexibility index (Phi) is 6.70. The van der Waals surface area contributed by atoms with Crippen molar-refractivity contribution in [3.63, 3.8) is 0 Å². The van der Waals surface area contributed by atoms with E-state index < -0.39 is 0 Å². The summed E-state index contributed by atoms with van der Waals surface area (Å²) >= 11 is 0. The van der Waals surface area contributed by atoms with Crippen molar-refractivity contribution in [2.45, 2.75) is 64.2 Å². The van der Waals surface area contributed by atoms with Gasteiger partial charge in [0.15, 0.2) is 0 Å². The van der Waals surface area contributed by atoms with E-state index >= 15 is 0 Å². The van der Waals surface area contributed by atoms with Gasteiger partial charge >= 0.3 is 0 Å². The first-order valence-corrected chi connectivity index (χ1v) is 11.4. The zero-order valence-corrected chi connectivity index (χ0v) is 18.6. The summed E-state index contributed by atoms with van der Waals surface area (Å²) in [6, 6.07) is 8.83. The molecule has 0 radical (unpaired) electrons. The number of carbonyl (C=O) groups excluding carboxylic acids is 2. The molecule has 2 atom stereocenters. The second kappa shape index (κ2) is 9.64. The predicted octanol–water partition coefficient (Wildman–Crippen LogP) is 2.91. The van der Waals surface area contributed by atoms with Crippen LogP contribution in [-0.2, 0) is 22.7 Å². The molecule has 0 saturated carbocycles. The highest BCUT2D eigenvalue weighted by molar-refractivity contribution is 5.94. The van der Waals surface area contributed by atoms with E-state index in [1.54, 1.807) is 12.5 Å². The first-order chi connectivity index (χ1) is 15.1. The summed E-state index contributed by atoms with van der Waals surface area (Å²) in [6.07, 6.45) is 10.0. The summed E-state index contributed by atoms with van der Waals surface area (Å²) in [6.45, 7) is 4.12. The number of aromatic nitrogens is 2. The Morgan fingerprint density at radius 2 is 1.90 bits per heavy atom. The highest BCUT2D eigenvalue weighted by atomic mass is 16.2. The summed E-state index contributed by atoms with van der Waals surface area (Å²) in [5.41, 5.74) is 1.97. The van der Waals surface area contributed by atoms with Gasteiger partial charge in [-0.3, -0.25) is 14.5 Å². The van der Waals surface area contributed by atoms with E-state index in [9.17, 15) is 9.59 Å². The molecule has 2 bridgehead atoms. The maximum absolute atomic E-state index is 13.3.